The van der Waals surface area contributed by atoms with Gasteiger partial charge in [-0.05, 0) is 36.7 Å². The molecular formula is C21H22N4O2. The topological polar surface area (TPSA) is 62.5 Å². The third kappa shape index (κ3) is 3.61. The Labute approximate surface area is 158 Å². The molecule has 0 saturated carbocycles. The van der Waals surface area contributed by atoms with Crippen LogP contribution < -0.4 is 0 Å². The fourth-order valence-corrected chi connectivity index (χ4v) is 3.54. The summed E-state index contributed by atoms with van der Waals surface area (Å²) in [6, 6.07) is 13.8. The van der Waals surface area contributed by atoms with Gasteiger partial charge in [0.05, 0.1) is 12.6 Å². The predicted octanol–water partition coefficient (Wildman–Crippen LogP) is 2.75. The molecule has 4 rings (SSSR count). The number of fused-ring (bicyclic) bond motifs is 1. The van der Waals surface area contributed by atoms with Crippen molar-refractivity contribution >= 4 is 5.91 Å². The van der Waals surface area contributed by atoms with Crippen LogP contribution in [-0.4, -0.2) is 46.0 Å². The van der Waals surface area contributed by atoms with E-state index in [2.05, 4.69) is 27.2 Å². The number of rotatable bonds is 4. The molecule has 1 aliphatic heterocycles. The Morgan fingerprint density at radius 2 is 1.96 bits per heavy atom. The normalized spacial score (nSPS) is 16.7. The minimum atomic E-state index is -0.160. The van der Waals surface area contributed by atoms with Gasteiger partial charge in [0, 0.05) is 37.6 Å². The van der Waals surface area contributed by atoms with Crippen LogP contribution in [0.15, 0.2) is 59.4 Å². The lowest BCUT2D eigenvalue weighted by molar-refractivity contribution is -0.136. The van der Waals surface area contributed by atoms with Gasteiger partial charge in [0.25, 0.3) is 0 Å². The van der Waals surface area contributed by atoms with Crippen molar-refractivity contribution in [3.05, 3.63) is 71.7 Å². The van der Waals surface area contributed by atoms with Gasteiger partial charge in [0.2, 0.25) is 5.91 Å². The summed E-state index contributed by atoms with van der Waals surface area (Å²) in [5.74, 6) is 0.755. The second-order valence-electron chi connectivity index (χ2n) is 7.01. The van der Waals surface area contributed by atoms with E-state index in [9.17, 15) is 4.79 Å². The molecule has 1 aromatic carbocycles. The Morgan fingerprint density at radius 3 is 2.74 bits per heavy atom. The van der Waals surface area contributed by atoms with Crippen molar-refractivity contribution in [1.29, 1.82) is 0 Å². The zero-order chi connectivity index (χ0) is 18.8. The number of benzene rings is 1. The van der Waals surface area contributed by atoms with E-state index in [0.717, 1.165) is 24.2 Å². The predicted molar refractivity (Wildman–Crippen MR) is 102 cm³/mol. The van der Waals surface area contributed by atoms with Gasteiger partial charge in [-0.15, -0.1) is 0 Å². The molecule has 0 radical (unpaired) electrons. The smallest absolute Gasteiger partial charge is 0.240 e. The van der Waals surface area contributed by atoms with E-state index in [0.29, 0.717) is 12.3 Å². The minimum Gasteiger partial charge on any atom is -0.359 e. The number of pyridine rings is 1. The molecular weight excluding hydrogens is 340 g/mol. The van der Waals surface area contributed by atoms with E-state index in [1.54, 1.807) is 17.3 Å². The fourth-order valence-electron chi connectivity index (χ4n) is 3.54. The van der Waals surface area contributed by atoms with E-state index in [1.165, 1.54) is 11.1 Å². The molecule has 0 saturated heterocycles. The van der Waals surface area contributed by atoms with Crippen molar-refractivity contribution in [1.82, 2.24) is 19.9 Å². The van der Waals surface area contributed by atoms with Gasteiger partial charge in [-0.1, -0.05) is 29.4 Å². The van der Waals surface area contributed by atoms with Crippen LogP contribution in [-0.2, 0) is 24.3 Å². The van der Waals surface area contributed by atoms with Crippen molar-refractivity contribution in [3.8, 4) is 11.3 Å². The molecule has 1 atom stereocenters. The van der Waals surface area contributed by atoms with E-state index in [-0.39, 0.29) is 11.9 Å². The molecule has 0 spiro atoms. The van der Waals surface area contributed by atoms with Crippen LogP contribution in [0.2, 0.25) is 0 Å². The van der Waals surface area contributed by atoms with Gasteiger partial charge in [0.1, 0.15) is 5.69 Å². The third-order valence-corrected chi connectivity index (χ3v) is 5.07. The van der Waals surface area contributed by atoms with Crippen molar-refractivity contribution in [2.45, 2.75) is 25.6 Å². The summed E-state index contributed by atoms with van der Waals surface area (Å²) >= 11 is 0. The molecule has 0 bridgehead atoms. The van der Waals surface area contributed by atoms with Gasteiger partial charge in [0.15, 0.2) is 5.76 Å². The minimum absolute atomic E-state index is 0.0915. The van der Waals surface area contributed by atoms with Crippen molar-refractivity contribution in [3.63, 3.8) is 0 Å². The van der Waals surface area contributed by atoms with Crippen LogP contribution in [0.1, 0.15) is 16.9 Å². The molecule has 1 amide bonds. The maximum absolute atomic E-state index is 13.0. The van der Waals surface area contributed by atoms with Crippen molar-refractivity contribution < 1.29 is 9.32 Å². The molecule has 2 aromatic heterocycles. The summed E-state index contributed by atoms with van der Waals surface area (Å²) in [4.78, 5) is 20.9. The summed E-state index contributed by atoms with van der Waals surface area (Å²) in [6.07, 6.45) is 4.17. The first kappa shape index (κ1) is 17.4. The summed E-state index contributed by atoms with van der Waals surface area (Å²) in [5, 5.41) is 4.10. The Balaban J connectivity index is 1.45. The lowest BCUT2D eigenvalue weighted by Crippen LogP contribution is -2.48. The molecule has 6 nitrogen and oxygen atoms in total. The van der Waals surface area contributed by atoms with E-state index in [4.69, 9.17) is 4.52 Å². The zero-order valence-electron chi connectivity index (χ0n) is 15.5. The second kappa shape index (κ2) is 7.32. The maximum Gasteiger partial charge on any atom is 0.240 e. The van der Waals surface area contributed by atoms with Gasteiger partial charge in [-0.3, -0.25) is 14.7 Å². The van der Waals surface area contributed by atoms with Crippen LogP contribution in [0.3, 0.4) is 0 Å². The lowest BCUT2D eigenvalue weighted by Gasteiger charge is -2.35. The largest absolute Gasteiger partial charge is 0.359 e. The molecule has 1 unspecified atom stereocenters. The number of hydrogen-bond donors (Lipinski definition) is 0. The van der Waals surface area contributed by atoms with E-state index < -0.39 is 0 Å². The van der Waals surface area contributed by atoms with E-state index in [1.807, 2.05) is 44.4 Å². The van der Waals surface area contributed by atoms with Crippen LogP contribution in [0.5, 0.6) is 0 Å². The first-order valence-corrected chi connectivity index (χ1v) is 9.00. The van der Waals surface area contributed by atoms with Crippen LogP contribution in [0.4, 0.5) is 0 Å². The molecule has 1 aliphatic rings. The molecule has 0 N–H and O–H groups in total. The highest BCUT2D eigenvalue weighted by molar-refractivity contribution is 5.82. The third-order valence-electron chi connectivity index (χ3n) is 5.07. The lowest BCUT2D eigenvalue weighted by atomic mass is 9.94. The Bertz CT molecular complexity index is 938. The molecule has 3 heterocycles. The Hall–Kier alpha value is -2.99. The fraction of sp³-hybridized carbons (Fsp3) is 0.286. The number of aromatic nitrogens is 2. The highest BCUT2D eigenvalue weighted by Crippen LogP contribution is 2.24. The Kier molecular flexibility index (Phi) is 4.73. The number of hydrogen-bond acceptors (Lipinski definition) is 5. The van der Waals surface area contributed by atoms with Crippen LogP contribution in [0, 0.1) is 0 Å². The molecule has 27 heavy (non-hydrogen) atoms. The highest BCUT2D eigenvalue weighted by Gasteiger charge is 2.31. The van der Waals surface area contributed by atoms with Gasteiger partial charge in [-0.2, -0.15) is 0 Å². The SMILES string of the molecule is CN(Cc1cc(-c2ccncc2)no1)C(=O)C1Cc2ccccc2CN1C. The summed E-state index contributed by atoms with van der Waals surface area (Å²) in [7, 11) is 3.81. The quantitative estimate of drug-likeness (QED) is 0.714. The zero-order valence-corrected chi connectivity index (χ0v) is 15.5. The number of likely N-dealkylation sites (N-methyl/N-ethyl adjacent to an activating group) is 2. The summed E-state index contributed by atoms with van der Waals surface area (Å²) in [5.41, 5.74) is 4.24. The van der Waals surface area contributed by atoms with E-state index >= 15 is 0 Å². The first-order chi connectivity index (χ1) is 13.1. The average Bonchev–Trinajstić information content (AvgIpc) is 3.16. The monoisotopic (exact) mass is 362 g/mol. The first-order valence-electron chi connectivity index (χ1n) is 9.00. The number of carbonyl (C=O) groups is 1. The maximum atomic E-state index is 13.0. The molecule has 6 heteroatoms. The van der Waals surface area contributed by atoms with Crippen molar-refractivity contribution in [2.24, 2.45) is 0 Å². The average molecular weight is 362 g/mol. The second-order valence-corrected chi connectivity index (χ2v) is 7.01. The van der Waals surface area contributed by atoms with Gasteiger partial charge in [-0.25, -0.2) is 0 Å². The standard InChI is InChI=1S/C21H22N4O2/c1-24-13-17-6-4-3-5-16(17)11-20(24)21(26)25(2)14-18-12-19(23-27-18)15-7-9-22-10-8-15/h3-10,12,20H,11,13-14H2,1-2H3. The molecule has 138 valence electrons. The van der Waals surface area contributed by atoms with Crippen LogP contribution >= 0.6 is 0 Å². The van der Waals surface area contributed by atoms with Gasteiger partial charge >= 0.3 is 0 Å². The van der Waals surface area contributed by atoms with Crippen molar-refractivity contribution in [2.75, 3.05) is 14.1 Å². The summed E-state index contributed by atoms with van der Waals surface area (Å²) in [6.45, 7) is 1.18. The number of carbonyl (C=O) groups excluding carboxylic acids is 1. The number of nitrogens with zero attached hydrogens (tertiary/aromatic N) is 4. The molecule has 3 aromatic rings. The molecule has 0 aliphatic carbocycles. The van der Waals surface area contributed by atoms with Gasteiger partial charge < -0.3 is 9.42 Å². The summed E-state index contributed by atoms with van der Waals surface area (Å²) < 4.78 is 5.43. The highest BCUT2D eigenvalue weighted by atomic mass is 16.5. The molecule has 0 fully saturated rings. The Morgan fingerprint density at radius 1 is 1.22 bits per heavy atom. The van der Waals surface area contributed by atoms with Crippen LogP contribution in [0.25, 0.3) is 11.3 Å². The number of amides is 1.